The first-order valence-corrected chi connectivity index (χ1v) is 3.38. The van der Waals surface area contributed by atoms with Crippen LogP contribution in [0, 0.1) is 5.82 Å². The average molecular weight is 190 g/mol. The largest absolute Gasteiger partial charge is 0.507 e. The molecule has 3 N–H and O–H groups in total. The van der Waals surface area contributed by atoms with E-state index in [1.807, 2.05) is 0 Å². The number of rotatable bonds is 1. The van der Waals surface area contributed by atoms with Crippen LogP contribution in [0.1, 0.15) is 10.4 Å². The third kappa shape index (κ3) is 1.48. The van der Waals surface area contributed by atoms with Gasteiger partial charge in [-0.2, -0.15) is 0 Å². The second-order valence-corrected chi connectivity index (χ2v) is 2.58. The Kier molecular flexibility index (Phi) is 2.19. The second kappa shape index (κ2) is 2.98. The lowest BCUT2D eigenvalue weighted by atomic mass is 10.2. The minimum absolute atomic E-state index is 0.00926. The smallest absolute Gasteiger partial charge is 0.255 e. The molecule has 1 aromatic rings. The summed E-state index contributed by atoms with van der Waals surface area (Å²) in [5.41, 5.74) is 4.24. The van der Waals surface area contributed by atoms with Crippen molar-refractivity contribution in [3.8, 4) is 5.75 Å². The van der Waals surface area contributed by atoms with Crippen molar-refractivity contribution in [3.05, 3.63) is 28.5 Å². The Morgan fingerprint density at radius 1 is 1.58 bits per heavy atom. The van der Waals surface area contributed by atoms with Crippen LogP contribution in [-0.4, -0.2) is 11.0 Å². The maximum absolute atomic E-state index is 12.8. The molecule has 1 amide bonds. The third-order valence-electron chi connectivity index (χ3n) is 1.28. The van der Waals surface area contributed by atoms with Crippen molar-refractivity contribution in [1.29, 1.82) is 0 Å². The number of carbonyl (C=O) groups excluding carboxylic acids is 1. The van der Waals surface area contributed by atoms with Crippen LogP contribution in [0.4, 0.5) is 4.39 Å². The first-order chi connectivity index (χ1) is 5.52. The lowest BCUT2D eigenvalue weighted by Gasteiger charge is -2.01. The Morgan fingerprint density at radius 2 is 2.17 bits per heavy atom. The van der Waals surface area contributed by atoms with Gasteiger partial charge in [0.05, 0.1) is 0 Å². The van der Waals surface area contributed by atoms with Crippen LogP contribution in [0.15, 0.2) is 12.1 Å². The number of hydrogen-bond acceptors (Lipinski definition) is 2. The van der Waals surface area contributed by atoms with Gasteiger partial charge in [0.15, 0.2) is 0 Å². The molecule has 3 nitrogen and oxygen atoms in total. The van der Waals surface area contributed by atoms with Crippen molar-refractivity contribution in [3.63, 3.8) is 0 Å². The SMILES string of the molecule is NC(=O)c1c(O)cc(Cl)cc1F. The van der Waals surface area contributed by atoms with E-state index in [0.717, 1.165) is 12.1 Å². The van der Waals surface area contributed by atoms with Crippen LogP contribution in [0.25, 0.3) is 0 Å². The Balaban J connectivity index is 3.38. The molecule has 1 rings (SSSR count). The van der Waals surface area contributed by atoms with Gasteiger partial charge in [-0.25, -0.2) is 4.39 Å². The van der Waals surface area contributed by atoms with E-state index in [1.54, 1.807) is 0 Å². The number of halogens is 2. The molecule has 0 atom stereocenters. The average Bonchev–Trinajstić information content (AvgIpc) is 1.82. The standard InChI is InChI=1S/C7H5ClFNO2/c8-3-1-4(9)6(7(10)12)5(11)2-3/h1-2,11H,(H2,10,12). The molecule has 0 radical (unpaired) electrons. The van der Waals surface area contributed by atoms with Gasteiger partial charge in [0.2, 0.25) is 0 Å². The first-order valence-electron chi connectivity index (χ1n) is 3.00. The minimum Gasteiger partial charge on any atom is -0.507 e. The van der Waals surface area contributed by atoms with Crippen molar-refractivity contribution >= 4 is 17.5 Å². The minimum atomic E-state index is -1.03. The molecule has 0 aliphatic rings. The molecular formula is C7H5ClFNO2. The predicted octanol–water partition coefficient (Wildman–Crippen LogP) is 1.28. The van der Waals surface area contributed by atoms with Crippen molar-refractivity contribution in [2.75, 3.05) is 0 Å². The number of amides is 1. The zero-order valence-corrected chi connectivity index (χ0v) is 6.60. The van der Waals surface area contributed by atoms with E-state index >= 15 is 0 Å². The monoisotopic (exact) mass is 189 g/mol. The van der Waals surface area contributed by atoms with Gasteiger partial charge < -0.3 is 10.8 Å². The van der Waals surface area contributed by atoms with E-state index in [9.17, 15) is 9.18 Å². The molecule has 64 valence electrons. The number of phenols is 1. The van der Waals surface area contributed by atoms with Gasteiger partial charge in [0.1, 0.15) is 17.1 Å². The third-order valence-corrected chi connectivity index (χ3v) is 1.50. The highest BCUT2D eigenvalue weighted by Crippen LogP contribution is 2.24. The van der Waals surface area contributed by atoms with E-state index in [-0.39, 0.29) is 5.02 Å². The molecule has 0 aromatic heterocycles. The summed E-state index contributed by atoms with van der Waals surface area (Å²) < 4.78 is 12.8. The van der Waals surface area contributed by atoms with Crippen molar-refractivity contribution in [1.82, 2.24) is 0 Å². The van der Waals surface area contributed by atoms with Crippen molar-refractivity contribution in [2.24, 2.45) is 5.73 Å². The number of nitrogens with two attached hydrogens (primary N) is 1. The van der Waals surface area contributed by atoms with Crippen LogP contribution >= 0.6 is 11.6 Å². The summed E-state index contributed by atoms with van der Waals surface area (Å²) in [6.45, 7) is 0. The normalized spacial score (nSPS) is 9.83. The fourth-order valence-corrected chi connectivity index (χ4v) is 1.00. The summed E-state index contributed by atoms with van der Waals surface area (Å²) in [5, 5.41) is 9.03. The highest BCUT2D eigenvalue weighted by molar-refractivity contribution is 6.30. The fraction of sp³-hybridized carbons (Fsp3) is 0. The van der Waals surface area contributed by atoms with E-state index in [2.05, 4.69) is 0 Å². The molecule has 0 fully saturated rings. The van der Waals surface area contributed by atoms with E-state index < -0.39 is 23.0 Å². The Bertz CT molecular complexity index is 317. The summed E-state index contributed by atoms with van der Waals surface area (Å²) in [5.74, 6) is -2.50. The van der Waals surface area contributed by atoms with Gasteiger partial charge in [0, 0.05) is 5.02 Å². The van der Waals surface area contributed by atoms with E-state index in [0.29, 0.717) is 0 Å². The topological polar surface area (TPSA) is 63.3 Å². The lowest BCUT2D eigenvalue weighted by Crippen LogP contribution is -2.13. The first kappa shape index (κ1) is 8.80. The Morgan fingerprint density at radius 3 is 2.58 bits per heavy atom. The van der Waals surface area contributed by atoms with Gasteiger partial charge in [-0.15, -0.1) is 0 Å². The molecule has 1 aromatic carbocycles. The molecule has 0 saturated carbocycles. The van der Waals surface area contributed by atoms with E-state index in [4.69, 9.17) is 22.4 Å². The molecule has 12 heavy (non-hydrogen) atoms. The molecule has 0 heterocycles. The summed E-state index contributed by atoms with van der Waals surface area (Å²) in [6, 6.07) is 1.95. The highest BCUT2D eigenvalue weighted by atomic mass is 35.5. The Labute approximate surface area is 72.6 Å². The molecule has 0 unspecified atom stereocenters. The number of carbonyl (C=O) groups is 1. The van der Waals surface area contributed by atoms with Gasteiger partial charge >= 0.3 is 0 Å². The van der Waals surface area contributed by atoms with Gasteiger partial charge in [-0.05, 0) is 12.1 Å². The zero-order chi connectivity index (χ0) is 9.30. The molecular weight excluding hydrogens is 185 g/mol. The summed E-state index contributed by atoms with van der Waals surface area (Å²) in [7, 11) is 0. The molecule has 0 bridgehead atoms. The van der Waals surface area contributed by atoms with Crippen molar-refractivity contribution in [2.45, 2.75) is 0 Å². The quantitative estimate of drug-likeness (QED) is 0.699. The number of aromatic hydroxyl groups is 1. The molecule has 0 aliphatic carbocycles. The molecule has 5 heteroatoms. The number of benzene rings is 1. The van der Waals surface area contributed by atoms with Crippen LogP contribution in [0.3, 0.4) is 0 Å². The molecule has 0 spiro atoms. The predicted molar refractivity (Wildman–Crippen MR) is 41.6 cm³/mol. The zero-order valence-electron chi connectivity index (χ0n) is 5.84. The molecule has 0 saturated heterocycles. The maximum atomic E-state index is 12.8. The van der Waals surface area contributed by atoms with Crippen LogP contribution in [0.2, 0.25) is 5.02 Å². The maximum Gasteiger partial charge on any atom is 0.255 e. The van der Waals surface area contributed by atoms with Crippen LogP contribution < -0.4 is 5.73 Å². The summed E-state index contributed by atoms with van der Waals surface area (Å²) >= 11 is 5.37. The van der Waals surface area contributed by atoms with E-state index in [1.165, 1.54) is 0 Å². The van der Waals surface area contributed by atoms with Gasteiger partial charge in [-0.1, -0.05) is 11.6 Å². The highest BCUT2D eigenvalue weighted by Gasteiger charge is 2.14. The molecule has 0 aliphatic heterocycles. The van der Waals surface area contributed by atoms with Crippen molar-refractivity contribution < 1.29 is 14.3 Å². The fourth-order valence-electron chi connectivity index (χ4n) is 0.804. The second-order valence-electron chi connectivity index (χ2n) is 2.15. The van der Waals surface area contributed by atoms with Crippen LogP contribution in [-0.2, 0) is 0 Å². The summed E-state index contributed by atoms with van der Waals surface area (Å²) in [4.78, 5) is 10.5. The van der Waals surface area contributed by atoms with Gasteiger partial charge in [0.25, 0.3) is 5.91 Å². The Hall–Kier alpha value is -1.29. The summed E-state index contributed by atoms with van der Waals surface area (Å²) in [6.07, 6.45) is 0. The number of primary amides is 1. The van der Waals surface area contributed by atoms with Crippen LogP contribution in [0.5, 0.6) is 5.75 Å². The number of hydrogen-bond donors (Lipinski definition) is 2. The van der Waals surface area contributed by atoms with Gasteiger partial charge in [-0.3, -0.25) is 4.79 Å². The lowest BCUT2D eigenvalue weighted by molar-refractivity contribution is 0.0993.